The van der Waals surface area contributed by atoms with E-state index in [2.05, 4.69) is 36.2 Å². The second kappa shape index (κ2) is 31.8. The SMILES string of the molecule is Cc1cc(Nc2cc(O)cc(C(F)(F)F)c2)c2ccccc2n1.Cc1cc(Nc2cc(OC[C@@H](O)CNCc3ccccc3)cc(C(F)(F)F)c2)c2ccccc2n1.Cc1cc(Nc2cc(OC[C@@H]3CO3)cc(C(F)(F)F)c2)c2ccccc2n1.Cc1ccc(S(=O)(=O)OCC2CO2)cc1. The first-order valence-corrected chi connectivity index (χ1v) is 32.6. The maximum Gasteiger partial charge on any atom is 0.416 e. The van der Waals surface area contributed by atoms with E-state index in [1.54, 1.807) is 55.5 Å². The van der Waals surface area contributed by atoms with Crippen LogP contribution in [0.25, 0.3) is 32.7 Å². The molecule has 8 aromatic carbocycles. The highest BCUT2D eigenvalue weighted by Crippen LogP contribution is 2.40. The van der Waals surface area contributed by atoms with Gasteiger partial charge < -0.3 is 50.4 Å². The van der Waals surface area contributed by atoms with Crippen molar-refractivity contribution in [3.8, 4) is 17.2 Å². The van der Waals surface area contributed by atoms with Crippen molar-refractivity contribution in [2.45, 2.75) is 76.0 Å². The maximum absolute atomic E-state index is 13.6. The fourth-order valence-electron chi connectivity index (χ4n) is 10.1. The minimum atomic E-state index is -4.55. The van der Waals surface area contributed by atoms with Crippen LogP contribution in [-0.2, 0) is 48.8 Å². The molecule has 16 nitrogen and oxygen atoms in total. The van der Waals surface area contributed by atoms with Crippen LogP contribution in [0.15, 0.2) is 205 Å². The molecule has 5 heterocycles. The van der Waals surface area contributed by atoms with Crippen molar-refractivity contribution in [1.29, 1.82) is 0 Å². The molecule has 13 rings (SSSR count). The van der Waals surface area contributed by atoms with E-state index >= 15 is 0 Å². The molecule has 2 fully saturated rings. The molecule has 2 aliphatic heterocycles. The molecule has 26 heteroatoms. The van der Waals surface area contributed by atoms with Crippen LogP contribution in [0.2, 0.25) is 0 Å². The van der Waals surface area contributed by atoms with Gasteiger partial charge in [-0.25, -0.2) is 0 Å². The molecule has 522 valence electrons. The van der Waals surface area contributed by atoms with Gasteiger partial charge in [-0.15, -0.1) is 0 Å². The third-order valence-electron chi connectivity index (χ3n) is 15.0. The fraction of sp³-hybridized carbons (Fsp3) is 0.230. The first-order chi connectivity index (χ1) is 47.6. The molecule has 3 atom stereocenters. The maximum atomic E-state index is 13.6. The summed E-state index contributed by atoms with van der Waals surface area (Å²) in [6.45, 7) is 9.52. The number of halogens is 9. The van der Waals surface area contributed by atoms with Crippen LogP contribution in [0.1, 0.15) is 44.9 Å². The minimum Gasteiger partial charge on any atom is -0.508 e. The number of alkyl halides is 9. The van der Waals surface area contributed by atoms with Crippen LogP contribution >= 0.6 is 0 Å². The summed E-state index contributed by atoms with van der Waals surface area (Å²) in [5.74, 6) is -0.283. The van der Waals surface area contributed by atoms with E-state index in [1.165, 1.54) is 12.1 Å². The lowest BCUT2D eigenvalue weighted by Crippen LogP contribution is -2.31. The van der Waals surface area contributed by atoms with E-state index in [-0.39, 0.29) is 66.3 Å². The van der Waals surface area contributed by atoms with Crippen LogP contribution in [0.4, 0.5) is 73.6 Å². The van der Waals surface area contributed by atoms with Crippen molar-refractivity contribution < 1.29 is 81.3 Å². The predicted molar refractivity (Wildman–Crippen MR) is 364 cm³/mol. The summed E-state index contributed by atoms with van der Waals surface area (Å²) in [4.78, 5) is 13.5. The summed E-state index contributed by atoms with van der Waals surface area (Å²) >= 11 is 0. The Labute approximate surface area is 569 Å². The molecule has 11 aromatic rings. The molecule has 1 unspecified atom stereocenters. The average Bonchev–Trinajstić information content (AvgIpc) is 1.20. The highest BCUT2D eigenvalue weighted by Gasteiger charge is 2.34. The number of nitrogens with zero attached hydrogens (tertiary/aromatic N) is 3. The number of pyridine rings is 3. The number of phenolic OH excluding ortho intramolecular Hbond substituents is 1. The number of benzene rings is 8. The molecule has 2 saturated heterocycles. The van der Waals surface area contributed by atoms with Gasteiger partial charge in [0.15, 0.2) is 0 Å². The molecule has 3 aromatic heterocycles. The molecule has 0 amide bonds. The number of aliphatic hydroxyl groups is 1. The van der Waals surface area contributed by atoms with E-state index in [4.69, 9.17) is 23.1 Å². The number of nitrogens with one attached hydrogen (secondary N) is 4. The Morgan fingerprint density at radius 2 is 0.900 bits per heavy atom. The minimum absolute atomic E-state index is 0.0134. The van der Waals surface area contributed by atoms with E-state index in [1.807, 2.05) is 124 Å². The van der Waals surface area contributed by atoms with Crippen LogP contribution in [-0.4, -0.2) is 91.5 Å². The van der Waals surface area contributed by atoms with Gasteiger partial charge in [0, 0.05) is 98.7 Å². The summed E-state index contributed by atoms with van der Waals surface area (Å²) in [6.07, 6.45) is -14.5. The smallest absolute Gasteiger partial charge is 0.416 e. The molecule has 0 aliphatic carbocycles. The number of hydrogen-bond donors (Lipinski definition) is 6. The van der Waals surface area contributed by atoms with Gasteiger partial charge in [0.05, 0.1) is 58.0 Å². The van der Waals surface area contributed by atoms with Gasteiger partial charge in [0.1, 0.15) is 48.8 Å². The van der Waals surface area contributed by atoms with Crippen molar-refractivity contribution in [3.63, 3.8) is 0 Å². The van der Waals surface area contributed by atoms with Crippen LogP contribution in [0.3, 0.4) is 0 Å². The molecule has 0 radical (unpaired) electrons. The Morgan fingerprint density at radius 3 is 1.34 bits per heavy atom. The topological polar surface area (TPSA) is 214 Å². The Kier molecular flexibility index (Phi) is 23.1. The van der Waals surface area contributed by atoms with Crippen LogP contribution in [0, 0.1) is 27.7 Å². The molecule has 0 saturated carbocycles. The zero-order valence-corrected chi connectivity index (χ0v) is 55.0. The fourth-order valence-corrected chi connectivity index (χ4v) is 11.0. The quantitative estimate of drug-likeness (QED) is 0.0238. The molecule has 2 aliphatic rings. The molecular formula is C74H68F9N7O9S. The van der Waals surface area contributed by atoms with Crippen molar-refractivity contribution in [2.24, 2.45) is 0 Å². The Bertz CT molecular complexity index is 4740. The van der Waals surface area contributed by atoms with Crippen LogP contribution < -0.4 is 30.7 Å². The van der Waals surface area contributed by atoms with Gasteiger partial charge in [-0.2, -0.15) is 47.9 Å². The third-order valence-corrected chi connectivity index (χ3v) is 16.3. The number of aliphatic hydroxyl groups excluding tert-OH is 1. The largest absolute Gasteiger partial charge is 0.508 e. The highest BCUT2D eigenvalue weighted by molar-refractivity contribution is 7.86. The number of anilines is 6. The number of para-hydroxylation sites is 3. The summed E-state index contributed by atoms with van der Waals surface area (Å²) in [5, 5.41) is 34.4. The Balaban J connectivity index is 0.000000149. The van der Waals surface area contributed by atoms with Gasteiger partial charge in [0.25, 0.3) is 10.1 Å². The molecule has 0 bridgehead atoms. The van der Waals surface area contributed by atoms with Gasteiger partial charge in [-0.1, -0.05) is 103 Å². The Morgan fingerprint density at radius 1 is 0.500 bits per heavy atom. The molecule has 100 heavy (non-hydrogen) atoms. The first-order valence-electron chi connectivity index (χ1n) is 31.2. The van der Waals surface area contributed by atoms with E-state index in [0.717, 1.165) is 91.2 Å². The second-order valence-electron chi connectivity index (χ2n) is 23.5. The highest BCUT2D eigenvalue weighted by atomic mass is 32.2. The van der Waals surface area contributed by atoms with Crippen molar-refractivity contribution >= 4 is 77.0 Å². The van der Waals surface area contributed by atoms with Gasteiger partial charge in [-0.3, -0.25) is 19.1 Å². The van der Waals surface area contributed by atoms with Crippen molar-refractivity contribution in [3.05, 3.63) is 245 Å². The molecular weight excluding hydrogens is 1330 g/mol. The number of aromatic hydroxyl groups is 1. The van der Waals surface area contributed by atoms with Crippen LogP contribution in [0.5, 0.6) is 17.2 Å². The summed E-state index contributed by atoms with van der Waals surface area (Å²) in [7, 11) is -3.61. The summed E-state index contributed by atoms with van der Waals surface area (Å²) < 4.78 is 168. The van der Waals surface area contributed by atoms with Gasteiger partial charge in [-0.05, 0) is 118 Å². The number of aryl methyl sites for hydroxylation is 4. The predicted octanol–water partition coefficient (Wildman–Crippen LogP) is 17.0. The first kappa shape index (κ1) is 72.6. The second-order valence-corrected chi connectivity index (χ2v) is 25.1. The van der Waals surface area contributed by atoms with Gasteiger partial charge in [0.2, 0.25) is 0 Å². The summed E-state index contributed by atoms with van der Waals surface area (Å²) in [5.41, 5.74) is 6.70. The molecule has 6 N–H and O–H groups in total. The number of rotatable bonds is 20. The lowest BCUT2D eigenvalue weighted by molar-refractivity contribution is -0.138. The number of ether oxygens (including phenoxy) is 4. The van der Waals surface area contributed by atoms with Gasteiger partial charge >= 0.3 is 18.5 Å². The standard InChI is InChI=1S/C27H26F3N3O2.C20H17F3N2O2.C17H13F3N2O.C10H12O4S/c1-18-11-26(24-9-5-6-10-25(24)32-18)33-21-12-20(27(28,29)30)13-23(14-21)35-17-22(34)16-31-15-19-7-3-2-4-8-19;1-12-6-19(17-4-2-3-5-18(17)24-12)25-14-7-13(20(21,22)23)8-15(9-14)26-10-16-11-27-16;1-10-6-16(14-4-2-3-5-15(14)21-10)22-12-7-11(17(18,19)20)8-13(23)9-12;1-8-2-4-10(5-3-8)15(11,12)14-7-9-6-13-9/h2-14,22,31,34H,15-17H2,1H3,(H,32,33);2-9,16H,10-11H2,1H3,(H,24,25);2-9,23H,1H3,(H,21,22);2-5,9H,6-7H2,1H3/t22-;16-;;/m01../s1. The number of fused-ring (bicyclic) bond motifs is 3. The third kappa shape index (κ3) is 21.2. The number of epoxide rings is 2. The van der Waals surface area contributed by atoms with E-state index in [0.29, 0.717) is 48.6 Å². The average molecular weight is 1400 g/mol. The number of hydrogen-bond acceptors (Lipinski definition) is 16. The monoisotopic (exact) mass is 1400 g/mol. The molecule has 0 spiro atoms. The lowest BCUT2D eigenvalue weighted by atomic mass is 10.1. The zero-order valence-electron chi connectivity index (χ0n) is 54.1. The Hall–Kier alpha value is -10.1. The normalized spacial score (nSPS) is 14.5. The summed E-state index contributed by atoms with van der Waals surface area (Å²) in [6, 6.07) is 53.8. The number of phenols is 1. The van der Waals surface area contributed by atoms with Crippen molar-refractivity contribution in [2.75, 3.05) is 55.5 Å². The lowest BCUT2D eigenvalue weighted by Gasteiger charge is -2.17. The number of aromatic nitrogens is 3. The van der Waals surface area contributed by atoms with Crippen molar-refractivity contribution in [1.82, 2.24) is 20.3 Å². The zero-order chi connectivity index (χ0) is 71.4. The van der Waals surface area contributed by atoms with E-state index < -0.39 is 57.2 Å². The van der Waals surface area contributed by atoms with E-state index in [9.17, 15) is 58.1 Å².